The van der Waals surface area contributed by atoms with Crippen molar-refractivity contribution in [3.63, 3.8) is 0 Å². The molecule has 204 valence electrons. The van der Waals surface area contributed by atoms with Crippen LogP contribution in [0.3, 0.4) is 0 Å². The number of halogens is 1. The lowest BCUT2D eigenvalue weighted by Gasteiger charge is -2.35. The number of aromatic nitrogens is 3. The number of hydrogen-bond donors (Lipinski definition) is 3. The highest BCUT2D eigenvalue weighted by Crippen LogP contribution is 2.32. The van der Waals surface area contributed by atoms with E-state index in [4.69, 9.17) is 21.1 Å². The van der Waals surface area contributed by atoms with Crippen molar-refractivity contribution in [1.82, 2.24) is 19.9 Å². The Morgan fingerprint density at radius 2 is 1.79 bits per heavy atom. The first-order valence-corrected chi connectivity index (χ1v) is 12.4. The molecule has 1 aliphatic rings. The van der Waals surface area contributed by atoms with E-state index in [-0.39, 0.29) is 22.8 Å². The maximum atomic E-state index is 12.0. The summed E-state index contributed by atoms with van der Waals surface area (Å²) in [5.41, 5.74) is 1.65. The van der Waals surface area contributed by atoms with Crippen molar-refractivity contribution in [2.24, 2.45) is 0 Å². The first kappa shape index (κ1) is 27.5. The number of rotatable bonds is 9. The number of nitrogens with one attached hydrogen (secondary N) is 3. The molecule has 12 nitrogen and oxygen atoms in total. The van der Waals surface area contributed by atoms with Crippen LogP contribution in [0, 0.1) is 0 Å². The van der Waals surface area contributed by atoms with Crippen LogP contribution in [0.4, 0.5) is 34.6 Å². The van der Waals surface area contributed by atoms with Gasteiger partial charge in [-0.3, -0.25) is 9.59 Å². The fraction of sp³-hybridized carbons (Fsp3) is 0.269. The van der Waals surface area contributed by atoms with E-state index in [1.807, 2.05) is 11.0 Å². The van der Waals surface area contributed by atoms with Gasteiger partial charge in [0.05, 0.1) is 31.8 Å². The topological polar surface area (TPSA) is 134 Å². The molecule has 39 heavy (non-hydrogen) atoms. The minimum absolute atomic E-state index is 0.0600. The van der Waals surface area contributed by atoms with Crippen molar-refractivity contribution in [3.8, 4) is 11.6 Å². The van der Waals surface area contributed by atoms with Crippen molar-refractivity contribution in [2.75, 3.05) is 61.2 Å². The number of pyridine rings is 1. The van der Waals surface area contributed by atoms with Gasteiger partial charge in [0, 0.05) is 57.0 Å². The number of anilines is 6. The highest BCUT2D eigenvalue weighted by atomic mass is 35.5. The van der Waals surface area contributed by atoms with Gasteiger partial charge in [-0.05, 0) is 18.2 Å². The standard InChI is InChI=1S/C26H29ClN8O4/c1-5-23(37)30-21-14-18(38-3)6-7-20(21)31-25-19(27)15-28-26(33-25)29-17-12-22(32-24(13-17)39-4)35-10-8-34(9-11-35)16(2)36/h5-7,12-15H,1,8-11H2,2-4H3,(H,30,37)(H2,28,29,31,32,33). The van der Waals surface area contributed by atoms with Crippen LogP contribution in [-0.4, -0.2) is 72.1 Å². The predicted octanol–water partition coefficient (Wildman–Crippen LogP) is 3.82. The van der Waals surface area contributed by atoms with Crippen LogP contribution in [-0.2, 0) is 9.59 Å². The Bertz CT molecular complexity index is 1380. The SMILES string of the molecule is C=CC(=O)Nc1cc(OC)ccc1Nc1nc(Nc2cc(OC)nc(N3CCN(C(C)=O)CC3)c2)ncc1Cl. The number of carbonyl (C=O) groups excluding carboxylic acids is 2. The number of methoxy groups -OCH3 is 2. The maximum Gasteiger partial charge on any atom is 0.247 e. The zero-order chi connectivity index (χ0) is 27.9. The molecule has 4 rings (SSSR count). The van der Waals surface area contributed by atoms with Gasteiger partial charge in [0.15, 0.2) is 5.82 Å². The largest absolute Gasteiger partial charge is 0.497 e. The normalized spacial score (nSPS) is 12.9. The van der Waals surface area contributed by atoms with E-state index < -0.39 is 0 Å². The third-order valence-electron chi connectivity index (χ3n) is 5.97. The first-order valence-electron chi connectivity index (χ1n) is 12.0. The third kappa shape index (κ3) is 6.85. The lowest BCUT2D eigenvalue weighted by molar-refractivity contribution is -0.129. The molecule has 2 amide bonds. The van der Waals surface area contributed by atoms with Crippen molar-refractivity contribution < 1.29 is 19.1 Å². The molecule has 0 bridgehead atoms. The van der Waals surface area contributed by atoms with E-state index in [0.717, 1.165) is 0 Å². The van der Waals surface area contributed by atoms with Gasteiger partial charge in [0.1, 0.15) is 16.6 Å². The number of hydrogen-bond acceptors (Lipinski definition) is 10. The Morgan fingerprint density at radius 1 is 1.03 bits per heavy atom. The molecule has 0 atom stereocenters. The molecule has 0 aliphatic carbocycles. The Hall–Kier alpha value is -4.58. The summed E-state index contributed by atoms with van der Waals surface area (Å²) in [4.78, 5) is 40.9. The van der Waals surface area contributed by atoms with E-state index in [1.165, 1.54) is 19.4 Å². The summed E-state index contributed by atoms with van der Waals surface area (Å²) in [5.74, 6) is 1.94. The number of carbonyl (C=O) groups is 2. The highest BCUT2D eigenvalue weighted by molar-refractivity contribution is 6.33. The molecule has 13 heteroatoms. The number of piperazine rings is 1. The van der Waals surface area contributed by atoms with Crippen LogP contribution in [0.2, 0.25) is 5.02 Å². The van der Waals surface area contributed by atoms with E-state index >= 15 is 0 Å². The molecule has 0 unspecified atom stereocenters. The van der Waals surface area contributed by atoms with Gasteiger partial charge in [-0.2, -0.15) is 9.97 Å². The Labute approximate surface area is 231 Å². The van der Waals surface area contributed by atoms with E-state index in [2.05, 4.69) is 42.4 Å². The van der Waals surface area contributed by atoms with Gasteiger partial charge in [-0.1, -0.05) is 18.2 Å². The quantitative estimate of drug-likeness (QED) is 0.336. The van der Waals surface area contributed by atoms with Crippen molar-refractivity contribution in [1.29, 1.82) is 0 Å². The first-order chi connectivity index (χ1) is 18.8. The third-order valence-corrected chi connectivity index (χ3v) is 6.25. The summed E-state index contributed by atoms with van der Waals surface area (Å²) in [5, 5.41) is 9.33. The zero-order valence-electron chi connectivity index (χ0n) is 21.8. The van der Waals surface area contributed by atoms with Crippen LogP contribution in [0.25, 0.3) is 0 Å². The molecule has 1 saturated heterocycles. The van der Waals surface area contributed by atoms with Gasteiger partial charge in [-0.25, -0.2) is 4.98 Å². The molecule has 1 fully saturated rings. The lowest BCUT2D eigenvalue weighted by atomic mass is 10.2. The molecule has 2 aromatic heterocycles. The maximum absolute atomic E-state index is 12.0. The number of benzene rings is 1. The number of ether oxygens (including phenoxy) is 2. The zero-order valence-corrected chi connectivity index (χ0v) is 22.6. The minimum Gasteiger partial charge on any atom is -0.497 e. The summed E-state index contributed by atoms with van der Waals surface area (Å²) < 4.78 is 10.7. The monoisotopic (exact) mass is 552 g/mol. The smallest absolute Gasteiger partial charge is 0.247 e. The highest BCUT2D eigenvalue weighted by Gasteiger charge is 2.21. The van der Waals surface area contributed by atoms with Crippen LogP contribution < -0.4 is 30.3 Å². The van der Waals surface area contributed by atoms with Crippen molar-refractivity contribution in [2.45, 2.75) is 6.92 Å². The fourth-order valence-electron chi connectivity index (χ4n) is 3.90. The Balaban J connectivity index is 1.57. The fourth-order valence-corrected chi connectivity index (χ4v) is 4.04. The molecule has 1 aliphatic heterocycles. The molecule has 3 heterocycles. The summed E-state index contributed by atoms with van der Waals surface area (Å²) in [7, 11) is 3.08. The average Bonchev–Trinajstić information content (AvgIpc) is 2.95. The Morgan fingerprint density at radius 3 is 2.46 bits per heavy atom. The molecular formula is C26H29ClN8O4. The molecule has 0 radical (unpaired) electrons. The van der Waals surface area contributed by atoms with Crippen LogP contribution in [0.5, 0.6) is 11.6 Å². The molecule has 0 saturated carbocycles. The average molecular weight is 553 g/mol. The predicted molar refractivity (Wildman–Crippen MR) is 151 cm³/mol. The van der Waals surface area contributed by atoms with Crippen molar-refractivity contribution in [3.05, 3.63) is 54.2 Å². The summed E-state index contributed by atoms with van der Waals surface area (Å²) >= 11 is 6.39. The van der Waals surface area contributed by atoms with Crippen molar-refractivity contribution >= 4 is 58.1 Å². The van der Waals surface area contributed by atoms with Gasteiger partial charge in [0.25, 0.3) is 0 Å². The van der Waals surface area contributed by atoms with Gasteiger partial charge in [0.2, 0.25) is 23.6 Å². The second-order valence-corrected chi connectivity index (χ2v) is 8.90. The van der Waals surface area contributed by atoms with E-state index in [9.17, 15) is 9.59 Å². The Kier molecular flexibility index (Phi) is 8.67. The second-order valence-electron chi connectivity index (χ2n) is 8.49. The van der Waals surface area contributed by atoms with Crippen LogP contribution in [0.15, 0.2) is 49.2 Å². The number of nitrogens with zero attached hydrogens (tertiary/aromatic N) is 5. The number of amides is 2. The van der Waals surface area contributed by atoms with Gasteiger partial charge < -0.3 is 35.2 Å². The molecule has 1 aromatic carbocycles. The van der Waals surface area contributed by atoms with Crippen LogP contribution >= 0.6 is 11.6 Å². The molecule has 3 N–H and O–H groups in total. The second kappa shape index (κ2) is 12.3. The lowest BCUT2D eigenvalue weighted by Crippen LogP contribution is -2.48. The molecule has 3 aromatic rings. The molecule has 0 spiro atoms. The summed E-state index contributed by atoms with van der Waals surface area (Å²) in [6.45, 7) is 7.60. The minimum atomic E-state index is -0.382. The van der Waals surface area contributed by atoms with E-state index in [0.29, 0.717) is 66.5 Å². The summed E-state index contributed by atoms with van der Waals surface area (Å²) in [6, 6.07) is 8.73. The van der Waals surface area contributed by atoms with Gasteiger partial charge in [-0.15, -0.1) is 0 Å². The van der Waals surface area contributed by atoms with Gasteiger partial charge >= 0.3 is 0 Å². The summed E-state index contributed by atoms with van der Waals surface area (Å²) in [6.07, 6.45) is 2.63. The molecular weight excluding hydrogens is 524 g/mol. The van der Waals surface area contributed by atoms with E-state index in [1.54, 1.807) is 38.3 Å². The van der Waals surface area contributed by atoms with Crippen LogP contribution in [0.1, 0.15) is 6.92 Å².